The van der Waals surface area contributed by atoms with E-state index in [1.54, 1.807) is 0 Å². The second-order valence-corrected chi connectivity index (χ2v) is 4.09. The van der Waals surface area contributed by atoms with Crippen molar-refractivity contribution >= 4 is 33.6 Å². The molecule has 2 heteroatoms. The van der Waals surface area contributed by atoms with Crippen LogP contribution in [0.15, 0.2) is 24.3 Å². The fraction of sp³-hybridized carbons (Fsp3) is 0.273. The maximum Gasteiger partial charge on any atom is 0.0435 e. The lowest BCUT2D eigenvalue weighted by Gasteiger charge is -1.98. The Morgan fingerprint density at radius 3 is 2.85 bits per heavy atom. The molecule has 0 saturated carbocycles. The summed E-state index contributed by atoms with van der Waals surface area (Å²) >= 11 is 9.29. The predicted octanol–water partition coefficient (Wildman–Crippen LogP) is 4.45. The van der Waals surface area contributed by atoms with Gasteiger partial charge in [0.05, 0.1) is 0 Å². The zero-order valence-electron chi connectivity index (χ0n) is 7.56. The van der Waals surface area contributed by atoms with Gasteiger partial charge in [-0.15, -0.1) is 0 Å². The number of rotatable bonds is 3. The van der Waals surface area contributed by atoms with Crippen molar-refractivity contribution in [3.05, 3.63) is 40.4 Å². The smallest absolute Gasteiger partial charge is 0.0435 e. The summed E-state index contributed by atoms with van der Waals surface area (Å²) < 4.78 is 0. The van der Waals surface area contributed by atoms with E-state index in [4.69, 9.17) is 11.6 Å². The SMILES string of the molecule is Cc1cc(C=CCCBr)ccc1Cl. The first-order chi connectivity index (χ1) is 6.24. The summed E-state index contributed by atoms with van der Waals surface area (Å²) in [4.78, 5) is 0. The molecule has 0 radical (unpaired) electrons. The number of hydrogen-bond acceptors (Lipinski definition) is 0. The summed E-state index contributed by atoms with van der Waals surface area (Å²) in [6.45, 7) is 2.02. The van der Waals surface area contributed by atoms with Crippen LogP contribution in [0.3, 0.4) is 0 Å². The molecular formula is C11H12BrCl. The molecule has 13 heavy (non-hydrogen) atoms. The summed E-state index contributed by atoms with van der Waals surface area (Å²) in [5.74, 6) is 0. The molecule has 0 unspecified atom stereocenters. The number of hydrogen-bond donors (Lipinski definition) is 0. The van der Waals surface area contributed by atoms with Crippen LogP contribution in [0.1, 0.15) is 17.5 Å². The molecule has 1 aromatic carbocycles. The van der Waals surface area contributed by atoms with Crippen LogP contribution in [-0.2, 0) is 0 Å². The van der Waals surface area contributed by atoms with Gasteiger partial charge in [0.15, 0.2) is 0 Å². The molecule has 1 rings (SSSR count). The van der Waals surface area contributed by atoms with Crippen LogP contribution >= 0.6 is 27.5 Å². The van der Waals surface area contributed by atoms with Crippen molar-refractivity contribution in [2.75, 3.05) is 5.33 Å². The number of halogens is 2. The molecule has 0 N–H and O–H groups in total. The van der Waals surface area contributed by atoms with Gasteiger partial charge in [0, 0.05) is 10.4 Å². The quantitative estimate of drug-likeness (QED) is 0.704. The van der Waals surface area contributed by atoms with E-state index in [0.29, 0.717) is 0 Å². The van der Waals surface area contributed by atoms with E-state index in [1.807, 2.05) is 19.1 Å². The average molecular weight is 260 g/mol. The molecule has 0 aliphatic rings. The van der Waals surface area contributed by atoms with Gasteiger partial charge in [-0.05, 0) is 30.5 Å². The molecule has 70 valence electrons. The molecule has 0 atom stereocenters. The Morgan fingerprint density at radius 1 is 1.46 bits per heavy atom. The van der Waals surface area contributed by atoms with Crippen LogP contribution in [-0.4, -0.2) is 5.33 Å². The second kappa shape index (κ2) is 5.46. The number of allylic oxidation sites excluding steroid dienone is 1. The standard InChI is InChI=1S/C11H12BrCl/c1-9-8-10(4-2-3-7-12)5-6-11(9)13/h2,4-6,8H,3,7H2,1H3. The summed E-state index contributed by atoms with van der Waals surface area (Å²) in [7, 11) is 0. The van der Waals surface area contributed by atoms with Gasteiger partial charge in [0.25, 0.3) is 0 Å². The van der Waals surface area contributed by atoms with E-state index in [0.717, 1.165) is 22.3 Å². The maximum absolute atomic E-state index is 5.91. The van der Waals surface area contributed by atoms with Crippen LogP contribution in [0.2, 0.25) is 5.02 Å². The summed E-state index contributed by atoms with van der Waals surface area (Å²) in [6, 6.07) is 6.05. The van der Waals surface area contributed by atoms with Crippen LogP contribution in [0, 0.1) is 6.92 Å². The van der Waals surface area contributed by atoms with Crippen molar-refractivity contribution in [2.24, 2.45) is 0 Å². The van der Waals surface area contributed by atoms with Gasteiger partial charge in [-0.2, -0.15) is 0 Å². The number of alkyl halides is 1. The van der Waals surface area contributed by atoms with Gasteiger partial charge in [-0.1, -0.05) is 51.8 Å². The third-order valence-corrected chi connectivity index (χ3v) is 2.65. The molecule has 0 spiro atoms. The van der Waals surface area contributed by atoms with E-state index >= 15 is 0 Å². The molecule has 0 aliphatic heterocycles. The van der Waals surface area contributed by atoms with Crippen molar-refractivity contribution < 1.29 is 0 Å². The highest BCUT2D eigenvalue weighted by molar-refractivity contribution is 9.09. The third-order valence-electron chi connectivity index (χ3n) is 1.77. The van der Waals surface area contributed by atoms with Crippen molar-refractivity contribution in [3.63, 3.8) is 0 Å². The number of benzene rings is 1. The molecule has 0 aliphatic carbocycles. The number of aryl methyl sites for hydroxylation is 1. The Hall–Kier alpha value is -0.270. The van der Waals surface area contributed by atoms with E-state index < -0.39 is 0 Å². The van der Waals surface area contributed by atoms with E-state index in [2.05, 4.69) is 34.1 Å². The zero-order chi connectivity index (χ0) is 9.68. The average Bonchev–Trinajstić information content (AvgIpc) is 2.12. The minimum Gasteiger partial charge on any atom is -0.0925 e. The second-order valence-electron chi connectivity index (χ2n) is 2.89. The summed E-state index contributed by atoms with van der Waals surface area (Å²) in [5.41, 5.74) is 2.34. The Balaban J connectivity index is 2.73. The van der Waals surface area contributed by atoms with E-state index in [9.17, 15) is 0 Å². The Kier molecular flexibility index (Phi) is 4.54. The fourth-order valence-electron chi connectivity index (χ4n) is 1.05. The van der Waals surface area contributed by atoms with Crippen molar-refractivity contribution in [1.29, 1.82) is 0 Å². The lowest BCUT2D eigenvalue weighted by molar-refractivity contribution is 1.27. The van der Waals surface area contributed by atoms with E-state index in [1.165, 1.54) is 5.56 Å². The molecular weight excluding hydrogens is 247 g/mol. The van der Waals surface area contributed by atoms with Crippen LogP contribution in [0.4, 0.5) is 0 Å². The highest BCUT2D eigenvalue weighted by Gasteiger charge is 1.93. The fourth-order valence-corrected chi connectivity index (χ4v) is 1.44. The highest BCUT2D eigenvalue weighted by Crippen LogP contribution is 2.17. The first-order valence-corrected chi connectivity index (χ1v) is 5.72. The maximum atomic E-state index is 5.91. The Bertz CT molecular complexity index is 305. The molecule has 0 amide bonds. The van der Waals surface area contributed by atoms with E-state index in [-0.39, 0.29) is 0 Å². The minimum absolute atomic E-state index is 0.831. The van der Waals surface area contributed by atoms with Crippen molar-refractivity contribution in [1.82, 2.24) is 0 Å². The predicted molar refractivity (Wildman–Crippen MR) is 63.6 cm³/mol. The van der Waals surface area contributed by atoms with Gasteiger partial charge in [0.2, 0.25) is 0 Å². The van der Waals surface area contributed by atoms with Gasteiger partial charge >= 0.3 is 0 Å². The molecule has 0 aromatic heterocycles. The monoisotopic (exact) mass is 258 g/mol. The molecule has 0 heterocycles. The molecule has 0 nitrogen and oxygen atoms in total. The summed E-state index contributed by atoms with van der Waals surface area (Å²) in [5, 5.41) is 1.84. The normalized spacial score (nSPS) is 11.0. The van der Waals surface area contributed by atoms with Crippen molar-refractivity contribution in [2.45, 2.75) is 13.3 Å². The molecule has 0 fully saturated rings. The van der Waals surface area contributed by atoms with Gasteiger partial charge in [0.1, 0.15) is 0 Å². The van der Waals surface area contributed by atoms with Crippen molar-refractivity contribution in [3.8, 4) is 0 Å². The van der Waals surface area contributed by atoms with Crippen LogP contribution in [0.25, 0.3) is 6.08 Å². The summed E-state index contributed by atoms with van der Waals surface area (Å²) in [6.07, 6.45) is 5.32. The van der Waals surface area contributed by atoms with Gasteiger partial charge in [-0.25, -0.2) is 0 Å². The van der Waals surface area contributed by atoms with Gasteiger partial charge in [-0.3, -0.25) is 0 Å². The van der Waals surface area contributed by atoms with Crippen LogP contribution in [0.5, 0.6) is 0 Å². The third kappa shape index (κ3) is 3.53. The first-order valence-electron chi connectivity index (χ1n) is 4.22. The topological polar surface area (TPSA) is 0 Å². The van der Waals surface area contributed by atoms with Gasteiger partial charge < -0.3 is 0 Å². The zero-order valence-corrected chi connectivity index (χ0v) is 9.90. The Morgan fingerprint density at radius 2 is 2.23 bits per heavy atom. The largest absolute Gasteiger partial charge is 0.0925 e. The lowest BCUT2D eigenvalue weighted by Crippen LogP contribution is -1.77. The first kappa shape index (κ1) is 10.8. The van der Waals surface area contributed by atoms with Crippen LogP contribution < -0.4 is 0 Å². The molecule has 1 aromatic rings. The Labute approximate surface area is 92.7 Å². The lowest BCUT2D eigenvalue weighted by atomic mass is 10.1. The molecule has 0 saturated heterocycles. The molecule has 0 bridgehead atoms. The minimum atomic E-state index is 0.831. The highest BCUT2D eigenvalue weighted by atomic mass is 79.9.